The first-order valence-corrected chi connectivity index (χ1v) is 15.9. The van der Waals surface area contributed by atoms with Gasteiger partial charge in [0.05, 0.1) is 17.1 Å². The minimum atomic E-state index is -4.67. The molecule has 4 rings (SSSR count). The smallest absolute Gasteiger partial charge is 0.294 e. The summed E-state index contributed by atoms with van der Waals surface area (Å²) in [6.45, 7) is 8.38. The summed E-state index contributed by atoms with van der Waals surface area (Å²) < 4.78 is 34.4. The Balaban J connectivity index is 1.79. The molecule has 1 saturated carbocycles. The number of nitrogens with one attached hydrogen (secondary N) is 1. The number of aromatic hydroxyl groups is 1. The molecule has 0 radical (unpaired) electrons. The lowest BCUT2D eigenvalue weighted by molar-refractivity contribution is 0.0704. The van der Waals surface area contributed by atoms with E-state index in [1.54, 1.807) is 7.05 Å². The van der Waals surface area contributed by atoms with Gasteiger partial charge in [-0.2, -0.15) is 8.42 Å². The SMILES string of the molecule is CN=C1C=CC=CC1=NCNc1cc(C(C)(C)C2CCCCC(O)(S(=O)(=O)O)C2)cc(C(C)(C)c2ccccc2)c1O. The summed E-state index contributed by atoms with van der Waals surface area (Å²) in [6.07, 6.45) is 9.43. The zero-order chi connectivity index (χ0) is 30.8. The van der Waals surface area contributed by atoms with Gasteiger partial charge in [0.25, 0.3) is 10.1 Å². The fourth-order valence-electron chi connectivity index (χ4n) is 6.09. The van der Waals surface area contributed by atoms with Gasteiger partial charge < -0.3 is 15.5 Å². The normalized spacial score (nSPS) is 23.7. The maximum atomic E-state index is 12.2. The predicted molar refractivity (Wildman–Crippen MR) is 170 cm³/mol. The van der Waals surface area contributed by atoms with Crippen molar-refractivity contribution in [2.24, 2.45) is 15.9 Å². The Morgan fingerprint density at radius 2 is 1.67 bits per heavy atom. The van der Waals surface area contributed by atoms with Crippen molar-refractivity contribution in [2.75, 3.05) is 19.0 Å². The number of benzene rings is 2. The lowest BCUT2D eigenvalue weighted by Crippen LogP contribution is -2.42. The third-order valence-electron chi connectivity index (χ3n) is 9.10. The van der Waals surface area contributed by atoms with Crippen molar-refractivity contribution in [3.8, 4) is 5.75 Å². The third-order valence-corrected chi connectivity index (χ3v) is 10.4. The van der Waals surface area contributed by atoms with Crippen LogP contribution in [0.4, 0.5) is 5.69 Å². The maximum Gasteiger partial charge on any atom is 0.294 e. The summed E-state index contributed by atoms with van der Waals surface area (Å²) in [5.74, 6) is -0.137. The summed E-state index contributed by atoms with van der Waals surface area (Å²) in [7, 11) is -2.95. The predicted octanol–water partition coefficient (Wildman–Crippen LogP) is 6.16. The average molecular weight is 594 g/mol. The van der Waals surface area contributed by atoms with Crippen LogP contribution in [0.2, 0.25) is 0 Å². The molecular weight excluding hydrogens is 550 g/mol. The zero-order valence-corrected chi connectivity index (χ0v) is 25.9. The van der Waals surface area contributed by atoms with Gasteiger partial charge in [-0.3, -0.25) is 14.5 Å². The molecule has 42 heavy (non-hydrogen) atoms. The molecule has 9 heteroatoms. The van der Waals surface area contributed by atoms with Gasteiger partial charge in [0.2, 0.25) is 0 Å². The van der Waals surface area contributed by atoms with E-state index in [1.807, 2.05) is 80.6 Å². The molecular formula is C33H43N3O5S. The molecule has 0 amide bonds. The van der Waals surface area contributed by atoms with Crippen LogP contribution in [0.3, 0.4) is 0 Å². The van der Waals surface area contributed by atoms with Gasteiger partial charge in [0.1, 0.15) is 12.4 Å². The van der Waals surface area contributed by atoms with Crippen molar-refractivity contribution in [3.05, 3.63) is 83.5 Å². The van der Waals surface area contributed by atoms with E-state index in [9.17, 15) is 23.2 Å². The number of aliphatic imine (C=N–C) groups is 2. The van der Waals surface area contributed by atoms with Gasteiger partial charge in [0, 0.05) is 18.0 Å². The first kappa shape index (κ1) is 31.7. The Bertz CT molecular complexity index is 1520. The number of rotatable bonds is 8. The van der Waals surface area contributed by atoms with E-state index in [0.717, 1.165) is 29.0 Å². The Morgan fingerprint density at radius 1 is 1.00 bits per heavy atom. The Labute approximate surface area is 249 Å². The minimum absolute atomic E-state index is 0.000108. The van der Waals surface area contributed by atoms with Crippen LogP contribution in [0.15, 0.2) is 76.8 Å². The quantitative estimate of drug-likeness (QED) is 0.125. The molecule has 2 aliphatic carbocycles. The molecule has 2 unspecified atom stereocenters. The molecule has 1 fully saturated rings. The van der Waals surface area contributed by atoms with Crippen molar-refractivity contribution in [3.63, 3.8) is 0 Å². The number of phenols is 1. The van der Waals surface area contributed by atoms with Gasteiger partial charge in [-0.1, -0.05) is 82.7 Å². The first-order valence-electron chi connectivity index (χ1n) is 14.4. The summed E-state index contributed by atoms with van der Waals surface area (Å²) in [5.41, 5.74) is 3.45. The molecule has 2 aliphatic rings. The van der Waals surface area contributed by atoms with Crippen LogP contribution in [0.1, 0.15) is 76.5 Å². The van der Waals surface area contributed by atoms with Crippen LogP contribution in [-0.4, -0.2) is 53.3 Å². The highest BCUT2D eigenvalue weighted by Gasteiger charge is 2.47. The van der Waals surface area contributed by atoms with Crippen molar-refractivity contribution in [2.45, 2.75) is 75.6 Å². The van der Waals surface area contributed by atoms with E-state index in [0.29, 0.717) is 24.1 Å². The molecule has 0 bridgehead atoms. The number of hydrogen-bond acceptors (Lipinski definition) is 7. The number of allylic oxidation sites excluding steroid dienone is 4. The average Bonchev–Trinajstić information content (AvgIpc) is 3.17. The molecule has 0 spiro atoms. The number of aliphatic hydroxyl groups is 1. The summed E-state index contributed by atoms with van der Waals surface area (Å²) in [4.78, 5) is 6.75. The van der Waals surface area contributed by atoms with Crippen LogP contribution in [0.5, 0.6) is 5.75 Å². The third kappa shape index (κ3) is 6.38. The number of anilines is 1. The largest absolute Gasteiger partial charge is 0.505 e. The van der Waals surface area contributed by atoms with Gasteiger partial charge in [-0.05, 0) is 66.4 Å². The van der Waals surface area contributed by atoms with E-state index in [2.05, 4.69) is 29.1 Å². The Hall–Kier alpha value is -3.27. The first-order chi connectivity index (χ1) is 19.7. The van der Waals surface area contributed by atoms with Crippen molar-refractivity contribution in [1.29, 1.82) is 0 Å². The molecule has 2 aromatic rings. The van der Waals surface area contributed by atoms with Crippen molar-refractivity contribution in [1.82, 2.24) is 0 Å². The van der Waals surface area contributed by atoms with Crippen LogP contribution in [0.25, 0.3) is 0 Å². The number of hydrogen-bond donors (Lipinski definition) is 4. The van der Waals surface area contributed by atoms with Crippen LogP contribution >= 0.6 is 0 Å². The molecule has 4 N–H and O–H groups in total. The van der Waals surface area contributed by atoms with Crippen LogP contribution < -0.4 is 5.32 Å². The number of nitrogens with zero attached hydrogens (tertiary/aromatic N) is 2. The molecule has 0 heterocycles. The van der Waals surface area contributed by atoms with E-state index in [1.165, 1.54) is 0 Å². The minimum Gasteiger partial charge on any atom is -0.505 e. The fraction of sp³-hybridized carbons (Fsp3) is 0.455. The summed E-state index contributed by atoms with van der Waals surface area (Å²) in [5, 5.41) is 26.0. The van der Waals surface area contributed by atoms with Crippen LogP contribution in [0, 0.1) is 5.92 Å². The van der Waals surface area contributed by atoms with Crippen LogP contribution in [-0.2, 0) is 20.9 Å². The zero-order valence-electron chi connectivity index (χ0n) is 25.1. The highest BCUT2D eigenvalue weighted by Crippen LogP contribution is 2.48. The van der Waals surface area contributed by atoms with Crippen molar-refractivity contribution >= 4 is 27.2 Å². The second-order valence-corrected chi connectivity index (χ2v) is 14.1. The monoisotopic (exact) mass is 593 g/mol. The topological polar surface area (TPSA) is 132 Å². The second-order valence-electron chi connectivity index (χ2n) is 12.4. The van der Waals surface area contributed by atoms with E-state index < -0.39 is 25.9 Å². The molecule has 0 aliphatic heterocycles. The van der Waals surface area contributed by atoms with Gasteiger partial charge in [-0.25, -0.2) is 0 Å². The lowest BCUT2D eigenvalue weighted by atomic mass is 9.68. The molecule has 226 valence electrons. The highest BCUT2D eigenvalue weighted by atomic mass is 32.2. The molecule has 0 saturated heterocycles. The molecule has 8 nitrogen and oxygen atoms in total. The van der Waals surface area contributed by atoms with Crippen molar-refractivity contribution < 1.29 is 23.2 Å². The summed E-state index contributed by atoms with van der Waals surface area (Å²) >= 11 is 0. The lowest BCUT2D eigenvalue weighted by Gasteiger charge is -2.39. The van der Waals surface area contributed by atoms with Gasteiger partial charge in [0.15, 0.2) is 4.93 Å². The fourth-order valence-corrected chi connectivity index (χ4v) is 6.91. The van der Waals surface area contributed by atoms with Gasteiger partial charge >= 0.3 is 0 Å². The van der Waals surface area contributed by atoms with E-state index in [-0.39, 0.29) is 31.2 Å². The van der Waals surface area contributed by atoms with Gasteiger partial charge in [-0.15, -0.1) is 0 Å². The molecule has 2 aromatic carbocycles. The summed E-state index contributed by atoms with van der Waals surface area (Å²) in [6, 6.07) is 13.8. The highest BCUT2D eigenvalue weighted by molar-refractivity contribution is 7.87. The van der Waals surface area contributed by atoms with E-state index in [4.69, 9.17) is 0 Å². The van der Waals surface area contributed by atoms with E-state index >= 15 is 0 Å². The molecule has 2 atom stereocenters. The number of phenolic OH excluding ortho intramolecular Hbond substituents is 1. The second kappa shape index (κ2) is 12.1. The maximum absolute atomic E-state index is 12.2. The Morgan fingerprint density at radius 3 is 2.31 bits per heavy atom. The Kier molecular flexibility index (Phi) is 9.16. The standard InChI is InChI=1S/C33H43N3O5S/c1-31(2,24-15-11-12-18-33(38,21-24)42(39,40)41)25-19-26(32(3,4)23-13-7-6-8-14-23)30(37)29(20-25)36-22-35-28-17-10-9-16-27(28)34-5/h6-10,13-14,16-17,19-20,24,36-38H,11-12,15,18,21-22H2,1-5H3,(H,39,40,41). The molecule has 0 aromatic heterocycles.